The average Bonchev–Trinajstić information content (AvgIpc) is 2.41. The van der Waals surface area contributed by atoms with E-state index in [1.807, 2.05) is 45.0 Å². The number of aliphatic hydroxyl groups excluding tert-OH is 1. The Morgan fingerprint density at radius 2 is 1.90 bits per heavy atom. The lowest BCUT2D eigenvalue weighted by atomic mass is 9.98. The van der Waals surface area contributed by atoms with Crippen LogP contribution < -0.4 is 4.74 Å². The van der Waals surface area contributed by atoms with Crippen molar-refractivity contribution in [1.82, 2.24) is 0 Å². The van der Waals surface area contributed by atoms with Crippen molar-refractivity contribution in [3.8, 4) is 5.75 Å². The zero-order chi connectivity index (χ0) is 15.4. The molecule has 0 radical (unpaired) electrons. The molecule has 0 aromatic heterocycles. The quantitative estimate of drug-likeness (QED) is 0.893. The molecule has 0 aliphatic carbocycles. The maximum Gasteiger partial charge on any atom is 0.123 e. The summed E-state index contributed by atoms with van der Waals surface area (Å²) in [4.78, 5) is 0. The summed E-state index contributed by atoms with van der Waals surface area (Å²) < 4.78 is 18.7. The Hall–Kier alpha value is -1.87. The molecule has 1 atom stereocenters. The molecular weight excluding hydrogens is 267 g/mol. The average molecular weight is 288 g/mol. The number of benzene rings is 2. The van der Waals surface area contributed by atoms with Gasteiger partial charge >= 0.3 is 0 Å². The van der Waals surface area contributed by atoms with Gasteiger partial charge in [0.05, 0.1) is 12.2 Å². The molecular formula is C18H21FO2. The van der Waals surface area contributed by atoms with E-state index in [2.05, 4.69) is 0 Å². The van der Waals surface area contributed by atoms with Gasteiger partial charge in [0.2, 0.25) is 0 Å². The van der Waals surface area contributed by atoms with Crippen LogP contribution in [0.15, 0.2) is 42.5 Å². The first-order valence-corrected chi connectivity index (χ1v) is 7.15. The third-order valence-corrected chi connectivity index (χ3v) is 3.33. The molecule has 2 aromatic rings. The third kappa shape index (κ3) is 4.30. The highest BCUT2D eigenvalue weighted by Gasteiger charge is 2.12. The maximum absolute atomic E-state index is 13.1. The zero-order valence-corrected chi connectivity index (χ0v) is 12.6. The summed E-state index contributed by atoms with van der Waals surface area (Å²) in [5, 5.41) is 10.4. The monoisotopic (exact) mass is 288 g/mol. The van der Waals surface area contributed by atoms with Crippen LogP contribution in [0.2, 0.25) is 0 Å². The Morgan fingerprint density at radius 1 is 1.14 bits per heavy atom. The lowest BCUT2D eigenvalue weighted by Gasteiger charge is -2.15. The first-order chi connectivity index (χ1) is 9.95. The fourth-order valence-electron chi connectivity index (χ4n) is 2.28. The van der Waals surface area contributed by atoms with Gasteiger partial charge in [-0.25, -0.2) is 4.39 Å². The van der Waals surface area contributed by atoms with E-state index in [0.717, 1.165) is 22.4 Å². The van der Waals surface area contributed by atoms with E-state index >= 15 is 0 Å². The highest BCUT2D eigenvalue weighted by molar-refractivity contribution is 5.33. The molecule has 1 N–H and O–H groups in total. The molecule has 3 heteroatoms. The predicted molar refractivity (Wildman–Crippen MR) is 82.0 cm³/mol. The molecule has 2 nitrogen and oxygen atoms in total. The summed E-state index contributed by atoms with van der Waals surface area (Å²) in [6, 6.07) is 12.1. The maximum atomic E-state index is 13.1. The van der Waals surface area contributed by atoms with Gasteiger partial charge in [-0.05, 0) is 61.7 Å². The lowest BCUT2D eigenvalue weighted by Crippen LogP contribution is -2.07. The number of hydrogen-bond donors (Lipinski definition) is 1. The van der Waals surface area contributed by atoms with E-state index in [4.69, 9.17) is 4.74 Å². The Balaban J connectivity index is 2.14. The van der Waals surface area contributed by atoms with Gasteiger partial charge in [0, 0.05) is 6.42 Å². The smallest absolute Gasteiger partial charge is 0.123 e. The third-order valence-electron chi connectivity index (χ3n) is 3.33. The topological polar surface area (TPSA) is 29.5 Å². The van der Waals surface area contributed by atoms with Crippen LogP contribution in [0.1, 0.15) is 36.6 Å². The van der Waals surface area contributed by atoms with E-state index in [1.165, 1.54) is 12.1 Å². The summed E-state index contributed by atoms with van der Waals surface area (Å²) in [5.41, 5.74) is 2.60. The van der Waals surface area contributed by atoms with Crippen LogP contribution in [0.5, 0.6) is 5.75 Å². The fraction of sp³-hybridized carbons (Fsp3) is 0.333. The predicted octanol–water partition coefficient (Wildman–Crippen LogP) is 4.20. The summed E-state index contributed by atoms with van der Waals surface area (Å²) in [7, 11) is 0. The Morgan fingerprint density at radius 3 is 2.57 bits per heavy atom. The van der Waals surface area contributed by atoms with Crippen LogP contribution in [0, 0.1) is 12.7 Å². The molecule has 0 aliphatic rings. The van der Waals surface area contributed by atoms with Crippen LogP contribution in [-0.4, -0.2) is 11.2 Å². The molecule has 2 rings (SSSR count). The SMILES string of the molecule is Cc1cc(F)ccc1CC(O)c1cccc(OC(C)C)c1. The first-order valence-electron chi connectivity index (χ1n) is 7.15. The summed E-state index contributed by atoms with van der Waals surface area (Å²) in [6.45, 7) is 5.78. The normalized spacial score (nSPS) is 12.5. The second kappa shape index (κ2) is 6.72. The van der Waals surface area contributed by atoms with Crippen molar-refractivity contribution >= 4 is 0 Å². The molecule has 0 amide bonds. The van der Waals surface area contributed by atoms with Gasteiger partial charge in [0.15, 0.2) is 0 Å². The van der Waals surface area contributed by atoms with Crippen LogP contribution >= 0.6 is 0 Å². The van der Waals surface area contributed by atoms with Crippen molar-refractivity contribution in [3.63, 3.8) is 0 Å². The van der Waals surface area contributed by atoms with Gasteiger partial charge in [0.1, 0.15) is 11.6 Å². The van der Waals surface area contributed by atoms with E-state index in [0.29, 0.717) is 6.42 Å². The first kappa shape index (κ1) is 15.5. The van der Waals surface area contributed by atoms with Crippen LogP contribution in [0.25, 0.3) is 0 Å². The Bertz CT molecular complexity index is 608. The van der Waals surface area contributed by atoms with Gasteiger partial charge < -0.3 is 9.84 Å². The van der Waals surface area contributed by atoms with E-state index in [9.17, 15) is 9.50 Å². The number of aliphatic hydroxyl groups is 1. The summed E-state index contributed by atoms with van der Waals surface area (Å²) in [6.07, 6.45) is -0.0846. The van der Waals surface area contributed by atoms with Crippen molar-refractivity contribution < 1.29 is 14.2 Å². The van der Waals surface area contributed by atoms with Crippen molar-refractivity contribution in [2.45, 2.75) is 39.4 Å². The van der Waals surface area contributed by atoms with Crippen molar-refractivity contribution in [3.05, 3.63) is 65.0 Å². The molecule has 0 heterocycles. The highest BCUT2D eigenvalue weighted by atomic mass is 19.1. The standard InChI is InChI=1S/C18H21FO2/c1-12(2)21-17-6-4-5-15(10-17)18(20)11-14-7-8-16(19)9-13(14)3/h4-10,12,18,20H,11H2,1-3H3. The van der Waals surface area contributed by atoms with Gasteiger partial charge in [0.25, 0.3) is 0 Å². The molecule has 0 bridgehead atoms. The minimum Gasteiger partial charge on any atom is -0.491 e. The van der Waals surface area contributed by atoms with Crippen LogP contribution in [0.4, 0.5) is 4.39 Å². The molecule has 0 saturated heterocycles. The van der Waals surface area contributed by atoms with E-state index in [-0.39, 0.29) is 11.9 Å². The number of ether oxygens (including phenoxy) is 1. The molecule has 0 aliphatic heterocycles. The van der Waals surface area contributed by atoms with E-state index < -0.39 is 6.10 Å². The number of aryl methyl sites for hydroxylation is 1. The minimum atomic E-state index is -0.634. The molecule has 0 spiro atoms. The van der Waals surface area contributed by atoms with Crippen molar-refractivity contribution in [1.29, 1.82) is 0 Å². The Kier molecular flexibility index (Phi) is 4.97. The van der Waals surface area contributed by atoms with Crippen LogP contribution in [0.3, 0.4) is 0 Å². The lowest BCUT2D eigenvalue weighted by molar-refractivity contribution is 0.177. The van der Waals surface area contributed by atoms with Crippen molar-refractivity contribution in [2.75, 3.05) is 0 Å². The Labute approximate surface area is 125 Å². The number of hydrogen-bond acceptors (Lipinski definition) is 2. The second-order valence-electron chi connectivity index (χ2n) is 5.53. The number of halogens is 1. The largest absolute Gasteiger partial charge is 0.491 e. The molecule has 2 aromatic carbocycles. The highest BCUT2D eigenvalue weighted by Crippen LogP contribution is 2.24. The fourth-order valence-corrected chi connectivity index (χ4v) is 2.28. The van der Waals surface area contributed by atoms with Gasteiger partial charge in [-0.2, -0.15) is 0 Å². The minimum absolute atomic E-state index is 0.0942. The summed E-state index contributed by atoms with van der Waals surface area (Å²) >= 11 is 0. The van der Waals surface area contributed by atoms with Gasteiger partial charge in [-0.15, -0.1) is 0 Å². The number of rotatable bonds is 5. The van der Waals surface area contributed by atoms with Gasteiger partial charge in [-0.3, -0.25) is 0 Å². The van der Waals surface area contributed by atoms with Crippen molar-refractivity contribution in [2.24, 2.45) is 0 Å². The molecule has 1 unspecified atom stereocenters. The van der Waals surface area contributed by atoms with Crippen LogP contribution in [-0.2, 0) is 6.42 Å². The molecule has 112 valence electrons. The zero-order valence-electron chi connectivity index (χ0n) is 12.6. The molecule has 0 saturated carbocycles. The summed E-state index contributed by atoms with van der Waals surface area (Å²) in [5.74, 6) is 0.496. The van der Waals surface area contributed by atoms with Gasteiger partial charge in [-0.1, -0.05) is 18.2 Å². The molecule has 21 heavy (non-hydrogen) atoms. The molecule has 0 fully saturated rings. The second-order valence-corrected chi connectivity index (χ2v) is 5.53. The van der Waals surface area contributed by atoms with E-state index in [1.54, 1.807) is 6.07 Å².